The van der Waals surface area contributed by atoms with Crippen molar-refractivity contribution >= 4 is 11.6 Å². The highest BCUT2D eigenvalue weighted by atomic mass is 35.5. The number of rotatable bonds is 5. The van der Waals surface area contributed by atoms with E-state index in [-0.39, 0.29) is 11.2 Å². The van der Waals surface area contributed by atoms with Gasteiger partial charge in [0.25, 0.3) is 0 Å². The molecule has 1 aromatic rings. The fourth-order valence-corrected chi connectivity index (χ4v) is 2.72. The third kappa shape index (κ3) is 3.68. The highest BCUT2D eigenvalue weighted by Gasteiger charge is 2.36. The van der Waals surface area contributed by atoms with E-state index in [1.165, 1.54) is 6.07 Å². The Bertz CT molecular complexity index is 410. The summed E-state index contributed by atoms with van der Waals surface area (Å²) in [5.74, 6) is -0.219. The summed E-state index contributed by atoms with van der Waals surface area (Å²) in [5, 5.41) is 3.95. The van der Waals surface area contributed by atoms with Crippen molar-refractivity contribution in [3.05, 3.63) is 34.6 Å². The molecular weight excluding hydrogens is 265 g/mol. The van der Waals surface area contributed by atoms with Crippen LogP contribution in [0.5, 0.6) is 0 Å². The van der Waals surface area contributed by atoms with Crippen LogP contribution in [-0.2, 0) is 11.2 Å². The van der Waals surface area contributed by atoms with Gasteiger partial charge in [-0.05, 0) is 25.0 Å². The van der Waals surface area contributed by atoms with Crippen LogP contribution in [0.4, 0.5) is 4.39 Å². The van der Waals surface area contributed by atoms with Gasteiger partial charge in [-0.25, -0.2) is 4.39 Å². The second-order valence-corrected chi connectivity index (χ2v) is 6.12. The molecule has 0 amide bonds. The van der Waals surface area contributed by atoms with E-state index in [9.17, 15) is 4.39 Å². The second-order valence-electron chi connectivity index (χ2n) is 5.72. The molecule has 0 aromatic heterocycles. The molecule has 1 unspecified atom stereocenters. The molecule has 1 atom stereocenters. The molecular formula is C15H21ClFNO. The van der Waals surface area contributed by atoms with Crippen molar-refractivity contribution in [2.45, 2.75) is 32.7 Å². The van der Waals surface area contributed by atoms with Gasteiger partial charge in [0.15, 0.2) is 0 Å². The van der Waals surface area contributed by atoms with E-state index in [4.69, 9.17) is 16.3 Å². The van der Waals surface area contributed by atoms with Crippen molar-refractivity contribution in [2.75, 3.05) is 19.8 Å². The topological polar surface area (TPSA) is 21.3 Å². The van der Waals surface area contributed by atoms with Crippen LogP contribution in [-0.4, -0.2) is 25.8 Å². The number of ether oxygens (including phenoxy) is 1. The molecule has 0 bridgehead atoms. The zero-order valence-corrected chi connectivity index (χ0v) is 12.3. The molecule has 1 aliphatic rings. The maximum atomic E-state index is 13.9. The van der Waals surface area contributed by atoms with Gasteiger partial charge in [0.1, 0.15) is 5.82 Å². The van der Waals surface area contributed by atoms with Gasteiger partial charge in [-0.1, -0.05) is 31.5 Å². The Morgan fingerprint density at radius 3 is 2.84 bits per heavy atom. The van der Waals surface area contributed by atoms with Gasteiger partial charge in [0.05, 0.1) is 6.61 Å². The van der Waals surface area contributed by atoms with E-state index >= 15 is 0 Å². The van der Waals surface area contributed by atoms with Crippen LogP contribution < -0.4 is 5.32 Å². The summed E-state index contributed by atoms with van der Waals surface area (Å²) in [6, 6.07) is 5.28. The van der Waals surface area contributed by atoms with Gasteiger partial charge >= 0.3 is 0 Å². The Morgan fingerprint density at radius 2 is 2.26 bits per heavy atom. The lowest BCUT2D eigenvalue weighted by molar-refractivity contribution is 0.147. The second kappa shape index (κ2) is 6.21. The predicted octanol–water partition coefficient (Wildman–Crippen LogP) is 3.43. The van der Waals surface area contributed by atoms with Gasteiger partial charge in [0, 0.05) is 35.2 Å². The van der Waals surface area contributed by atoms with Crippen molar-refractivity contribution < 1.29 is 9.13 Å². The summed E-state index contributed by atoms with van der Waals surface area (Å²) in [7, 11) is 0. The zero-order chi connectivity index (χ0) is 13.9. The average Bonchev–Trinajstić information content (AvgIpc) is 2.81. The van der Waals surface area contributed by atoms with E-state index in [1.54, 1.807) is 12.1 Å². The number of nitrogens with one attached hydrogen (secondary N) is 1. The summed E-state index contributed by atoms with van der Waals surface area (Å²) < 4.78 is 19.5. The minimum atomic E-state index is -0.219. The quantitative estimate of drug-likeness (QED) is 0.895. The molecule has 1 aliphatic heterocycles. The summed E-state index contributed by atoms with van der Waals surface area (Å²) in [6.07, 6.45) is 1.57. The molecule has 1 fully saturated rings. The standard InChI is InChI=1S/C15H21ClFNO/c1-11(2)18-9-15(6-7-19-10-15)8-12-13(16)4-3-5-14(12)17/h3-5,11,18H,6-10H2,1-2H3. The fourth-order valence-electron chi connectivity index (χ4n) is 2.49. The maximum absolute atomic E-state index is 13.9. The predicted molar refractivity (Wildman–Crippen MR) is 76.1 cm³/mol. The van der Waals surface area contributed by atoms with Crippen LogP contribution in [0.15, 0.2) is 18.2 Å². The lowest BCUT2D eigenvalue weighted by Gasteiger charge is -2.29. The van der Waals surface area contributed by atoms with Crippen molar-refractivity contribution in [3.63, 3.8) is 0 Å². The zero-order valence-electron chi connectivity index (χ0n) is 11.5. The van der Waals surface area contributed by atoms with Gasteiger partial charge in [-0.15, -0.1) is 0 Å². The highest BCUT2D eigenvalue weighted by Crippen LogP contribution is 2.35. The number of benzene rings is 1. The SMILES string of the molecule is CC(C)NCC1(Cc2c(F)cccc2Cl)CCOC1. The Kier molecular flexibility index (Phi) is 4.82. The van der Waals surface area contributed by atoms with Crippen molar-refractivity contribution in [1.29, 1.82) is 0 Å². The largest absolute Gasteiger partial charge is 0.381 e. The number of halogens is 2. The molecule has 1 N–H and O–H groups in total. The molecule has 1 saturated heterocycles. The smallest absolute Gasteiger partial charge is 0.127 e. The molecule has 1 heterocycles. The third-order valence-electron chi connectivity index (χ3n) is 3.68. The molecule has 106 valence electrons. The van der Waals surface area contributed by atoms with E-state index in [0.29, 0.717) is 29.7 Å². The minimum absolute atomic E-state index is 0.0455. The molecule has 1 aromatic carbocycles. The Balaban J connectivity index is 2.16. The van der Waals surface area contributed by atoms with Gasteiger partial charge in [-0.3, -0.25) is 0 Å². The van der Waals surface area contributed by atoms with E-state index in [1.807, 2.05) is 0 Å². The summed E-state index contributed by atoms with van der Waals surface area (Å²) in [6.45, 7) is 6.46. The number of hydrogen-bond acceptors (Lipinski definition) is 2. The molecule has 4 heteroatoms. The van der Waals surface area contributed by atoms with Crippen LogP contribution in [0.1, 0.15) is 25.8 Å². The maximum Gasteiger partial charge on any atom is 0.127 e. The van der Waals surface area contributed by atoms with Crippen LogP contribution in [0.3, 0.4) is 0 Å². The summed E-state index contributed by atoms with van der Waals surface area (Å²) in [5.41, 5.74) is 0.566. The third-order valence-corrected chi connectivity index (χ3v) is 4.04. The first-order valence-electron chi connectivity index (χ1n) is 6.76. The van der Waals surface area contributed by atoms with E-state index in [2.05, 4.69) is 19.2 Å². The van der Waals surface area contributed by atoms with Gasteiger partial charge in [-0.2, -0.15) is 0 Å². The Morgan fingerprint density at radius 1 is 1.47 bits per heavy atom. The van der Waals surface area contributed by atoms with Crippen molar-refractivity contribution in [1.82, 2.24) is 5.32 Å². The molecule has 0 saturated carbocycles. The molecule has 19 heavy (non-hydrogen) atoms. The lowest BCUT2D eigenvalue weighted by Crippen LogP contribution is -2.39. The summed E-state index contributed by atoms with van der Waals surface area (Å²) >= 11 is 6.13. The lowest BCUT2D eigenvalue weighted by atomic mass is 9.80. The minimum Gasteiger partial charge on any atom is -0.381 e. The van der Waals surface area contributed by atoms with Gasteiger partial charge in [0.2, 0.25) is 0 Å². The van der Waals surface area contributed by atoms with Gasteiger partial charge < -0.3 is 10.1 Å². The monoisotopic (exact) mass is 285 g/mol. The van der Waals surface area contributed by atoms with Crippen LogP contribution in [0.25, 0.3) is 0 Å². The van der Waals surface area contributed by atoms with Crippen LogP contribution in [0.2, 0.25) is 5.02 Å². The average molecular weight is 286 g/mol. The highest BCUT2D eigenvalue weighted by molar-refractivity contribution is 6.31. The normalized spacial score (nSPS) is 23.2. The summed E-state index contributed by atoms with van der Waals surface area (Å²) in [4.78, 5) is 0. The van der Waals surface area contributed by atoms with Crippen LogP contribution in [0, 0.1) is 11.2 Å². The number of hydrogen-bond donors (Lipinski definition) is 1. The molecule has 0 aliphatic carbocycles. The first kappa shape index (κ1) is 14.8. The van der Waals surface area contributed by atoms with Crippen LogP contribution >= 0.6 is 11.6 Å². The fraction of sp³-hybridized carbons (Fsp3) is 0.600. The molecule has 2 nitrogen and oxygen atoms in total. The molecule has 2 rings (SSSR count). The van der Waals surface area contributed by atoms with Crippen molar-refractivity contribution in [3.8, 4) is 0 Å². The molecule has 0 radical (unpaired) electrons. The van der Waals surface area contributed by atoms with E-state index in [0.717, 1.165) is 19.6 Å². The molecule has 0 spiro atoms. The first-order valence-corrected chi connectivity index (χ1v) is 7.14. The van der Waals surface area contributed by atoms with Crippen molar-refractivity contribution in [2.24, 2.45) is 5.41 Å². The Labute approximate surface area is 119 Å². The van der Waals surface area contributed by atoms with E-state index < -0.39 is 0 Å². The Hall–Kier alpha value is -0.640. The first-order chi connectivity index (χ1) is 9.02.